The second-order valence-electron chi connectivity index (χ2n) is 4.92. The van der Waals surface area contributed by atoms with Crippen molar-refractivity contribution in [2.24, 2.45) is 4.99 Å². The summed E-state index contributed by atoms with van der Waals surface area (Å²) in [5.74, 6) is 0.446. The van der Waals surface area contributed by atoms with Gasteiger partial charge in [-0.25, -0.2) is 0 Å². The van der Waals surface area contributed by atoms with Crippen LogP contribution in [0.1, 0.15) is 19.8 Å². The van der Waals surface area contributed by atoms with Crippen molar-refractivity contribution in [3.63, 3.8) is 0 Å². The number of ether oxygens (including phenoxy) is 2. The molecule has 0 unspecified atom stereocenters. The summed E-state index contributed by atoms with van der Waals surface area (Å²) in [5.41, 5.74) is 1.02. The summed E-state index contributed by atoms with van der Waals surface area (Å²) < 4.78 is 11.6. The normalized spacial score (nSPS) is 27.6. The Hall–Kier alpha value is -1.17. The molecule has 2 heterocycles. The Kier molecular flexibility index (Phi) is 4.74. The fourth-order valence-electron chi connectivity index (χ4n) is 2.48. The summed E-state index contributed by atoms with van der Waals surface area (Å²) in [4.78, 5) is 4.33. The van der Waals surface area contributed by atoms with Gasteiger partial charge in [-0.2, -0.15) is 0 Å². The van der Waals surface area contributed by atoms with E-state index in [-0.39, 0.29) is 6.04 Å². The lowest BCUT2D eigenvalue weighted by Gasteiger charge is -2.33. The molecule has 2 N–H and O–H groups in total. The molecule has 2 rings (SSSR count). The highest BCUT2D eigenvalue weighted by atomic mass is 16.7. The van der Waals surface area contributed by atoms with Gasteiger partial charge in [-0.15, -0.1) is 0 Å². The lowest BCUT2D eigenvalue weighted by Crippen LogP contribution is -2.42. The minimum absolute atomic E-state index is 0.135. The van der Waals surface area contributed by atoms with Crippen LogP contribution < -0.4 is 10.6 Å². The number of hydrogen-bond donors (Lipinski definition) is 2. The third-order valence-electron chi connectivity index (χ3n) is 3.42. The number of amidine groups is 1. The van der Waals surface area contributed by atoms with Gasteiger partial charge in [0, 0.05) is 19.2 Å². The second kappa shape index (κ2) is 6.32. The molecule has 2 aliphatic rings. The molecule has 2 saturated heterocycles. The first kappa shape index (κ1) is 14.2. The van der Waals surface area contributed by atoms with E-state index in [1.165, 1.54) is 0 Å². The van der Waals surface area contributed by atoms with Crippen molar-refractivity contribution >= 4 is 5.84 Å². The first-order valence-electron chi connectivity index (χ1n) is 6.73. The maximum absolute atomic E-state index is 5.81. The number of rotatable bonds is 3. The maximum Gasteiger partial charge on any atom is 0.182 e. The molecular weight excluding hydrogens is 242 g/mol. The van der Waals surface area contributed by atoms with E-state index in [4.69, 9.17) is 9.47 Å². The minimum atomic E-state index is -0.462. The lowest BCUT2D eigenvalue weighted by atomic mass is 10.1. The van der Waals surface area contributed by atoms with Gasteiger partial charge in [0.2, 0.25) is 0 Å². The average Bonchev–Trinajstić information content (AvgIpc) is 2.81. The number of nitrogens with one attached hydrogen (secondary N) is 2. The van der Waals surface area contributed by atoms with Crippen LogP contribution >= 0.6 is 0 Å². The average molecular weight is 265 g/mol. The molecule has 0 bridgehead atoms. The van der Waals surface area contributed by atoms with Gasteiger partial charge in [-0.3, -0.25) is 4.99 Å². The molecule has 2 aliphatic heterocycles. The van der Waals surface area contributed by atoms with E-state index in [0.717, 1.165) is 37.6 Å². The largest absolute Gasteiger partial charge is 0.348 e. The van der Waals surface area contributed by atoms with Crippen LogP contribution in [0.15, 0.2) is 29.4 Å². The van der Waals surface area contributed by atoms with Crippen molar-refractivity contribution in [2.75, 3.05) is 26.8 Å². The molecule has 1 atom stereocenters. The van der Waals surface area contributed by atoms with Crippen LogP contribution in [0.3, 0.4) is 0 Å². The predicted octanol–water partition coefficient (Wildman–Crippen LogP) is 1.19. The summed E-state index contributed by atoms with van der Waals surface area (Å²) >= 11 is 0. The van der Waals surface area contributed by atoms with Crippen LogP contribution in [0.2, 0.25) is 0 Å². The van der Waals surface area contributed by atoms with Crippen LogP contribution in [0, 0.1) is 0 Å². The van der Waals surface area contributed by atoms with E-state index >= 15 is 0 Å². The van der Waals surface area contributed by atoms with Crippen molar-refractivity contribution in [1.29, 1.82) is 0 Å². The fourth-order valence-corrected chi connectivity index (χ4v) is 2.48. The van der Waals surface area contributed by atoms with Crippen molar-refractivity contribution in [2.45, 2.75) is 31.6 Å². The summed E-state index contributed by atoms with van der Waals surface area (Å²) in [5, 5.41) is 6.72. The van der Waals surface area contributed by atoms with E-state index < -0.39 is 5.79 Å². The molecule has 5 heteroatoms. The summed E-state index contributed by atoms with van der Waals surface area (Å²) in [6.07, 6.45) is 5.44. The Bertz CT molecular complexity index is 384. The molecule has 0 aliphatic carbocycles. The first-order chi connectivity index (χ1) is 9.19. The SMILES string of the molecule is C=C/C=C(/C)NC(=NC)[C@@H]1CC2(CN1)OCCCO2. The topological polar surface area (TPSA) is 54.9 Å². The van der Waals surface area contributed by atoms with E-state index in [1.54, 1.807) is 13.1 Å². The Morgan fingerprint density at radius 2 is 2.21 bits per heavy atom. The zero-order valence-corrected chi connectivity index (χ0v) is 11.7. The standard InChI is InChI=1S/C14H23N3O2/c1-4-6-11(2)17-13(15-3)12-9-14(10-16-12)18-7-5-8-19-14/h4,6,12,16H,1,5,7-10H2,2-3H3,(H,15,17)/b11-6-/t12-/m0/s1. The van der Waals surface area contributed by atoms with Gasteiger partial charge in [-0.05, 0) is 19.4 Å². The summed E-state index contributed by atoms with van der Waals surface area (Å²) in [6.45, 7) is 7.94. The Morgan fingerprint density at radius 3 is 2.84 bits per heavy atom. The minimum Gasteiger partial charge on any atom is -0.348 e. The van der Waals surface area contributed by atoms with Crippen LogP contribution in [-0.2, 0) is 9.47 Å². The van der Waals surface area contributed by atoms with Gasteiger partial charge < -0.3 is 20.1 Å². The predicted molar refractivity (Wildman–Crippen MR) is 76.1 cm³/mol. The van der Waals surface area contributed by atoms with E-state index in [0.29, 0.717) is 6.54 Å². The van der Waals surface area contributed by atoms with Gasteiger partial charge >= 0.3 is 0 Å². The monoisotopic (exact) mass is 265 g/mol. The number of nitrogens with zero attached hydrogens (tertiary/aromatic N) is 1. The van der Waals surface area contributed by atoms with Crippen LogP contribution in [-0.4, -0.2) is 44.5 Å². The highest BCUT2D eigenvalue weighted by molar-refractivity contribution is 5.89. The molecule has 0 radical (unpaired) electrons. The second-order valence-corrected chi connectivity index (χ2v) is 4.92. The van der Waals surface area contributed by atoms with Gasteiger partial charge in [0.1, 0.15) is 5.84 Å². The van der Waals surface area contributed by atoms with Crippen molar-refractivity contribution in [3.8, 4) is 0 Å². The molecule has 19 heavy (non-hydrogen) atoms. The Labute approximate surface area is 114 Å². The highest BCUT2D eigenvalue weighted by Gasteiger charge is 2.44. The number of hydrogen-bond acceptors (Lipinski definition) is 4. The smallest absolute Gasteiger partial charge is 0.182 e. The van der Waals surface area contributed by atoms with Gasteiger partial charge in [0.05, 0.1) is 25.8 Å². The third kappa shape index (κ3) is 3.43. The molecule has 0 aromatic heterocycles. The summed E-state index contributed by atoms with van der Waals surface area (Å²) in [7, 11) is 1.79. The van der Waals surface area contributed by atoms with Crippen molar-refractivity contribution < 1.29 is 9.47 Å². The number of allylic oxidation sites excluding steroid dienone is 3. The van der Waals surface area contributed by atoms with Crippen molar-refractivity contribution in [3.05, 3.63) is 24.4 Å². The fraction of sp³-hybridized carbons (Fsp3) is 0.643. The summed E-state index contributed by atoms with van der Waals surface area (Å²) in [6, 6.07) is 0.135. The molecule has 106 valence electrons. The Morgan fingerprint density at radius 1 is 1.47 bits per heavy atom. The molecule has 0 amide bonds. The Balaban J connectivity index is 1.98. The maximum atomic E-state index is 5.81. The number of aliphatic imine (C=N–C) groups is 1. The van der Waals surface area contributed by atoms with Crippen LogP contribution in [0.25, 0.3) is 0 Å². The lowest BCUT2D eigenvalue weighted by molar-refractivity contribution is -0.254. The molecule has 2 fully saturated rings. The van der Waals surface area contributed by atoms with E-state index in [1.807, 2.05) is 13.0 Å². The molecule has 0 aromatic rings. The van der Waals surface area contributed by atoms with E-state index in [9.17, 15) is 0 Å². The molecule has 0 saturated carbocycles. The van der Waals surface area contributed by atoms with Crippen molar-refractivity contribution in [1.82, 2.24) is 10.6 Å². The molecule has 0 aromatic carbocycles. The molecular formula is C14H23N3O2. The van der Waals surface area contributed by atoms with Crippen LogP contribution in [0.4, 0.5) is 0 Å². The molecule has 5 nitrogen and oxygen atoms in total. The zero-order chi connectivity index (χ0) is 13.7. The molecule has 1 spiro atoms. The quantitative estimate of drug-likeness (QED) is 0.457. The van der Waals surface area contributed by atoms with Gasteiger partial charge in [-0.1, -0.05) is 12.7 Å². The third-order valence-corrected chi connectivity index (χ3v) is 3.42. The first-order valence-corrected chi connectivity index (χ1v) is 6.73. The van der Waals surface area contributed by atoms with Crippen LogP contribution in [0.5, 0.6) is 0 Å². The van der Waals surface area contributed by atoms with Gasteiger partial charge in [0.25, 0.3) is 0 Å². The highest BCUT2D eigenvalue weighted by Crippen LogP contribution is 2.28. The van der Waals surface area contributed by atoms with Gasteiger partial charge in [0.15, 0.2) is 5.79 Å². The van der Waals surface area contributed by atoms with E-state index in [2.05, 4.69) is 22.2 Å². The zero-order valence-electron chi connectivity index (χ0n) is 11.7.